The fraction of sp³-hybridized carbons (Fsp3) is 0. The van der Waals surface area contributed by atoms with Gasteiger partial charge in [-0.15, -0.1) is 0 Å². The van der Waals surface area contributed by atoms with E-state index in [9.17, 15) is 4.79 Å². The maximum Gasteiger partial charge on any atom is 0.255 e. The molecule has 0 spiro atoms. The number of rotatable bonds is 2. The molecule has 2 heterocycles. The zero-order chi connectivity index (χ0) is 14.9. The van der Waals surface area contributed by atoms with Gasteiger partial charge in [0, 0.05) is 17.1 Å². The highest BCUT2D eigenvalue weighted by Gasteiger charge is 2.10. The molecule has 2 aromatic carbocycles. The molecule has 0 atom stereocenters. The second-order valence-electron chi connectivity index (χ2n) is 4.97. The molecule has 0 saturated heterocycles. The molecule has 0 fully saturated rings. The standard InChI is InChI=1S/C17H12N4O/c22-17(12-6-7-13-15(9-12)20-10-19-13)21-14-5-1-3-11-4-2-8-18-16(11)14/h1-10H,(H,19,20)(H,21,22). The molecular formula is C17H12N4O. The first-order chi connectivity index (χ1) is 10.8. The Labute approximate surface area is 126 Å². The molecule has 22 heavy (non-hydrogen) atoms. The van der Waals surface area contributed by atoms with Gasteiger partial charge in [0.05, 0.1) is 28.6 Å². The third kappa shape index (κ3) is 2.09. The summed E-state index contributed by atoms with van der Waals surface area (Å²) >= 11 is 0. The Hall–Kier alpha value is -3.21. The number of carbonyl (C=O) groups is 1. The van der Waals surface area contributed by atoms with Crippen LogP contribution >= 0.6 is 0 Å². The zero-order valence-electron chi connectivity index (χ0n) is 11.6. The fourth-order valence-corrected chi connectivity index (χ4v) is 2.48. The van der Waals surface area contributed by atoms with Crippen LogP contribution in [0.3, 0.4) is 0 Å². The van der Waals surface area contributed by atoms with Gasteiger partial charge in [0.25, 0.3) is 5.91 Å². The lowest BCUT2D eigenvalue weighted by Crippen LogP contribution is -2.12. The fourth-order valence-electron chi connectivity index (χ4n) is 2.48. The highest BCUT2D eigenvalue weighted by atomic mass is 16.1. The summed E-state index contributed by atoms with van der Waals surface area (Å²) in [5.74, 6) is -0.172. The molecule has 2 aromatic heterocycles. The molecule has 0 unspecified atom stereocenters. The molecule has 4 aromatic rings. The first-order valence-electron chi connectivity index (χ1n) is 6.89. The predicted octanol–water partition coefficient (Wildman–Crippen LogP) is 3.36. The van der Waals surface area contributed by atoms with Gasteiger partial charge in [-0.1, -0.05) is 18.2 Å². The third-order valence-electron chi connectivity index (χ3n) is 3.56. The average molecular weight is 288 g/mol. The Bertz CT molecular complexity index is 985. The van der Waals surface area contributed by atoms with Crippen molar-refractivity contribution >= 4 is 33.5 Å². The topological polar surface area (TPSA) is 70.7 Å². The summed E-state index contributed by atoms with van der Waals surface area (Å²) in [6.07, 6.45) is 3.33. The second kappa shape index (κ2) is 4.96. The summed E-state index contributed by atoms with van der Waals surface area (Å²) < 4.78 is 0. The van der Waals surface area contributed by atoms with Crippen molar-refractivity contribution in [3.05, 3.63) is 66.6 Å². The number of nitrogens with zero attached hydrogens (tertiary/aromatic N) is 2. The van der Waals surface area contributed by atoms with Crippen LogP contribution in [0.15, 0.2) is 61.1 Å². The lowest BCUT2D eigenvalue weighted by molar-refractivity contribution is 0.102. The number of imidazole rings is 1. The number of fused-ring (bicyclic) bond motifs is 2. The van der Waals surface area contributed by atoms with E-state index in [4.69, 9.17) is 0 Å². The second-order valence-corrected chi connectivity index (χ2v) is 4.97. The molecule has 0 aliphatic heterocycles. The van der Waals surface area contributed by atoms with Crippen LogP contribution in [-0.2, 0) is 0 Å². The summed E-state index contributed by atoms with van der Waals surface area (Å²) in [5.41, 5.74) is 3.73. The first-order valence-corrected chi connectivity index (χ1v) is 6.89. The van der Waals surface area contributed by atoms with Gasteiger partial charge >= 0.3 is 0 Å². The largest absolute Gasteiger partial charge is 0.345 e. The lowest BCUT2D eigenvalue weighted by atomic mass is 10.1. The maximum absolute atomic E-state index is 12.5. The normalized spacial score (nSPS) is 10.9. The van der Waals surface area contributed by atoms with Gasteiger partial charge in [-0.3, -0.25) is 9.78 Å². The van der Waals surface area contributed by atoms with E-state index >= 15 is 0 Å². The smallest absolute Gasteiger partial charge is 0.255 e. The van der Waals surface area contributed by atoms with Crippen LogP contribution < -0.4 is 5.32 Å². The minimum atomic E-state index is -0.172. The van der Waals surface area contributed by atoms with Gasteiger partial charge in [0.15, 0.2) is 0 Å². The van der Waals surface area contributed by atoms with Crippen molar-refractivity contribution in [3.63, 3.8) is 0 Å². The van der Waals surface area contributed by atoms with Crippen LogP contribution in [0.4, 0.5) is 5.69 Å². The highest BCUT2D eigenvalue weighted by Crippen LogP contribution is 2.21. The van der Waals surface area contributed by atoms with E-state index < -0.39 is 0 Å². The summed E-state index contributed by atoms with van der Waals surface area (Å²) in [6.45, 7) is 0. The number of hydrogen-bond acceptors (Lipinski definition) is 3. The van der Waals surface area contributed by atoms with Gasteiger partial charge in [0.2, 0.25) is 0 Å². The number of hydrogen-bond donors (Lipinski definition) is 2. The monoisotopic (exact) mass is 288 g/mol. The molecule has 0 saturated carbocycles. The van der Waals surface area contributed by atoms with Crippen LogP contribution in [0.5, 0.6) is 0 Å². The Kier molecular flexibility index (Phi) is 2.83. The van der Waals surface area contributed by atoms with Crippen molar-refractivity contribution in [1.82, 2.24) is 15.0 Å². The molecule has 2 N–H and O–H groups in total. The molecule has 5 nitrogen and oxygen atoms in total. The van der Waals surface area contributed by atoms with Crippen LogP contribution in [0, 0.1) is 0 Å². The SMILES string of the molecule is O=C(Nc1cccc2cccnc12)c1ccc2nc[nH]c2c1. The van der Waals surface area contributed by atoms with Crippen molar-refractivity contribution in [3.8, 4) is 0 Å². The van der Waals surface area contributed by atoms with Crippen molar-refractivity contribution in [2.24, 2.45) is 0 Å². The number of aromatic nitrogens is 3. The first kappa shape index (κ1) is 12.5. The van der Waals surface area contributed by atoms with Gasteiger partial charge in [-0.2, -0.15) is 0 Å². The van der Waals surface area contributed by atoms with E-state index in [1.165, 1.54) is 0 Å². The number of nitrogens with one attached hydrogen (secondary N) is 2. The van der Waals surface area contributed by atoms with Gasteiger partial charge in [0.1, 0.15) is 0 Å². The van der Waals surface area contributed by atoms with Gasteiger partial charge in [-0.05, 0) is 30.3 Å². The molecule has 4 rings (SSSR count). The minimum absolute atomic E-state index is 0.172. The van der Waals surface area contributed by atoms with Crippen LogP contribution in [0.25, 0.3) is 21.9 Å². The summed E-state index contributed by atoms with van der Waals surface area (Å²) in [5, 5.41) is 3.91. The Morgan fingerprint density at radius 2 is 1.95 bits per heavy atom. The molecule has 0 bridgehead atoms. The number of amides is 1. The molecule has 0 aliphatic carbocycles. The summed E-state index contributed by atoms with van der Waals surface area (Å²) in [6, 6.07) is 14.9. The molecule has 106 valence electrons. The van der Waals surface area contributed by atoms with Crippen LogP contribution in [-0.4, -0.2) is 20.9 Å². The number of para-hydroxylation sites is 1. The molecule has 0 aliphatic rings. The van der Waals surface area contributed by atoms with E-state index in [1.807, 2.05) is 36.4 Å². The number of benzene rings is 2. The Morgan fingerprint density at radius 3 is 2.91 bits per heavy atom. The van der Waals surface area contributed by atoms with Crippen LogP contribution in [0.2, 0.25) is 0 Å². The van der Waals surface area contributed by atoms with Gasteiger partial charge in [-0.25, -0.2) is 4.98 Å². The van der Waals surface area contributed by atoms with Gasteiger partial charge < -0.3 is 10.3 Å². The molecule has 5 heteroatoms. The molecular weight excluding hydrogens is 276 g/mol. The summed E-state index contributed by atoms with van der Waals surface area (Å²) in [4.78, 5) is 23.9. The van der Waals surface area contributed by atoms with Crippen molar-refractivity contribution in [2.75, 3.05) is 5.32 Å². The van der Waals surface area contributed by atoms with E-state index in [1.54, 1.807) is 24.7 Å². The maximum atomic E-state index is 12.5. The molecule has 0 radical (unpaired) electrons. The quantitative estimate of drug-likeness (QED) is 0.594. The predicted molar refractivity (Wildman–Crippen MR) is 85.8 cm³/mol. The zero-order valence-corrected chi connectivity index (χ0v) is 11.6. The number of carbonyl (C=O) groups excluding carboxylic acids is 1. The summed E-state index contributed by atoms with van der Waals surface area (Å²) in [7, 11) is 0. The number of H-pyrrole nitrogens is 1. The molecule has 1 amide bonds. The van der Waals surface area contributed by atoms with Crippen molar-refractivity contribution in [2.45, 2.75) is 0 Å². The minimum Gasteiger partial charge on any atom is -0.345 e. The highest BCUT2D eigenvalue weighted by molar-refractivity contribution is 6.09. The van der Waals surface area contributed by atoms with E-state index in [-0.39, 0.29) is 5.91 Å². The number of anilines is 1. The van der Waals surface area contributed by atoms with E-state index in [2.05, 4.69) is 20.3 Å². The Morgan fingerprint density at radius 1 is 1.05 bits per heavy atom. The Balaban J connectivity index is 1.71. The average Bonchev–Trinajstić information content (AvgIpc) is 3.02. The van der Waals surface area contributed by atoms with E-state index in [0.29, 0.717) is 11.3 Å². The van der Waals surface area contributed by atoms with Crippen LogP contribution in [0.1, 0.15) is 10.4 Å². The third-order valence-corrected chi connectivity index (χ3v) is 3.56. The lowest BCUT2D eigenvalue weighted by Gasteiger charge is -2.08. The number of pyridine rings is 1. The van der Waals surface area contributed by atoms with E-state index in [0.717, 1.165) is 21.9 Å². The van der Waals surface area contributed by atoms with Crippen molar-refractivity contribution < 1.29 is 4.79 Å². The number of aromatic amines is 1. The van der Waals surface area contributed by atoms with Crippen molar-refractivity contribution in [1.29, 1.82) is 0 Å².